The van der Waals surface area contributed by atoms with Crippen LogP contribution in [0, 0.1) is 5.95 Å². The van der Waals surface area contributed by atoms with E-state index < -0.39 is 23.8 Å². The molecule has 1 aliphatic heterocycles. The van der Waals surface area contributed by atoms with Crippen LogP contribution in [-0.4, -0.2) is 33.0 Å². The van der Waals surface area contributed by atoms with Crippen LogP contribution in [0.5, 0.6) is 0 Å². The molecule has 1 amide bonds. The Morgan fingerprint density at radius 1 is 1.26 bits per heavy atom. The van der Waals surface area contributed by atoms with E-state index in [1.807, 2.05) is 18.2 Å². The minimum Gasteiger partial charge on any atom is -0.305 e. The Balaban J connectivity index is 1.37. The molecule has 3 aromatic rings. The van der Waals surface area contributed by atoms with Gasteiger partial charge in [0.15, 0.2) is 10.8 Å². The number of alkyl halides is 2. The summed E-state index contributed by atoms with van der Waals surface area (Å²) < 4.78 is 42.6. The van der Waals surface area contributed by atoms with E-state index in [0.717, 1.165) is 40.7 Å². The van der Waals surface area contributed by atoms with E-state index in [1.165, 1.54) is 4.90 Å². The Hall–Kier alpha value is -2.61. The van der Waals surface area contributed by atoms with Crippen molar-refractivity contribution in [2.75, 3.05) is 11.4 Å². The van der Waals surface area contributed by atoms with Crippen molar-refractivity contribution < 1.29 is 18.0 Å². The third-order valence-corrected chi connectivity index (χ3v) is 6.90. The number of imidazole rings is 1. The Kier molecular flexibility index (Phi) is 3.70. The topological polar surface area (TPSA) is 50.5 Å². The second-order valence-electron chi connectivity index (χ2n) is 9.01. The summed E-state index contributed by atoms with van der Waals surface area (Å²) in [5.74, 6) is -3.60. The van der Waals surface area contributed by atoms with E-state index in [-0.39, 0.29) is 22.9 Å². The first-order chi connectivity index (χ1) is 14.7. The molecule has 3 aliphatic rings. The molecule has 2 aliphatic carbocycles. The smallest absolute Gasteiger partial charge is 0.263 e. The van der Waals surface area contributed by atoms with E-state index in [1.54, 1.807) is 6.07 Å². The minimum atomic E-state index is -2.98. The van der Waals surface area contributed by atoms with Gasteiger partial charge in [0, 0.05) is 18.2 Å². The number of benzene rings is 1. The molecule has 0 radical (unpaired) electrons. The van der Waals surface area contributed by atoms with Crippen molar-refractivity contribution in [2.24, 2.45) is 0 Å². The van der Waals surface area contributed by atoms with E-state index in [0.29, 0.717) is 24.2 Å². The number of carbonyl (C=O) groups is 1. The summed E-state index contributed by atoms with van der Waals surface area (Å²) in [4.78, 5) is 18.3. The zero-order valence-corrected chi connectivity index (χ0v) is 17.3. The summed E-state index contributed by atoms with van der Waals surface area (Å²) in [5.41, 5.74) is 3.04. The first-order valence-corrected chi connectivity index (χ1v) is 10.6. The van der Waals surface area contributed by atoms with Crippen LogP contribution in [0.15, 0.2) is 30.5 Å². The lowest BCUT2D eigenvalue weighted by molar-refractivity contribution is -0.121. The summed E-state index contributed by atoms with van der Waals surface area (Å²) in [5, 5.41) is 4.13. The predicted molar refractivity (Wildman–Crippen MR) is 108 cm³/mol. The molecule has 2 atom stereocenters. The van der Waals surface area contributed by atoms with Crippen LogP contribution in [0.4, 0.5) is 18.9 Å². The van der Waals surface area contributed by atoms with Gasteiger partial charge < -0.3 is 4.90 Å². The van der Waals surface area contributed by atoms with Crippen molar-refractivity contribution in [3.63, 3.8) is 0 Å². The van der Waals surface area contributed by atoms with E-state index >= 15 is 0 Å². The number of aromatic nitrogens is 3. The van der Waals surface area contributed by atoms with Crippen molar-refractivity contribution in [1.29, 1.82) is 0 Å². The molecule has 9 heteroatoms. The maximum atomic E-state index is 13.9. The van der Waals surface area contributed by atoms with Gasteiger partial charge in [-0.3, -0.25) is 4.79 Å². The van der Waals surface area contributed by atoms with Gasteiger partial charge in [-0.05, 0) is 54.4 Å². The number of halogens is 4. The van der Waals surface area contributed by atoms with Gasteiger partial charge in [0.2, 0.25) is 11.9 Å². The predicted octanol–water partition coefficient (Wildman–Crippen LogP) is 4.83. The van der Waals surface area contributed by atoms with Crippen LogP contribution in [-0.2, 0) is 10.2 Å². The molecule has 2 fully saturated rings. The molecule has 2 saturated carbocycles. The lowest BCUT2D eigenvalue weighted by Crippen LogP contribution is -2.39. The van der Waals surface area contributed by atoms with Gasteiger partial charge >= 0.3 is 0 Å². The van der Waals surface area contributed by atoms with Crippen LogP contribution in [0.3, 0.4) is 0 Å². The summed E-state index contributed by atoms with van der Waals surface area (Å²) >= 11 is 6.09. The second-order valence-corrected chi connectivity index (χ2v) is 9.39. The van der Waals surface area contributed by atoms with Crippen molar-refractivity contribution in [1.82, 2.24) is 14.6 Å². The number of rotatable bonds is 4. The minimum absolute atomic E-state index is 0.0657. The maximum absolute atomic E-state index is 13.9. The van der Waals surface area contributed by atoms with Crippen LogP contribution in [0.1, 0.15) is 54.7 Å². The average Bonchev–Trinajstić information content (AvgIpc) is 3.61. The van der Waals surface area contributed by atoms with Crippen molar-refractivity contribution >= 4 is 28.8 Å². The summed E-state index contributed by atoms with van der Waals surface area (Å²) in [6, 6.07) is 7.48. The van der Waals surface area contributed by atoms with E-state index in [9.17, 15) is 18.0 Å². The highest BCUT2D eigenvalue weighted by Gasteiger charge is 2.60. The standard InChI is InChI=1S/C22H18ClF3N4O/c1-21(25,26)10-29-16-6-11(2-3-15(16)22(4-5-22)20(29)31)12-7-13(12)14-8-17(23)28-30-18(24)9-27-19(14)30/h2-3,6,8-9,12-13H,4-5,7,10H2,1H3/t12-,13?/m1/s1. The Morgan fingerprint density at radius 3 is 2.74 bits per heavy atom. The van der Waals surface area contributed by atoms with Crippen molar-refractivity contribution in [2.45, 2.75) is 49.4 Å². The van der Waals surface area contributed by atoms with Gasteiger partial charge in [-0.25, -0.2) is 13.8 Å². The molecule has 6 rings (SSSR count). The molecule has 160 valence electrons. The SMILES string of the molecule is CC(F)(F)CN1C(=O)C2(CC2)c2ccc([C@H]3CC3c3cc(Cl)nn4c(F)cnc34)cc21. The first-order valence-electron chi connectivity index (χ1n) is 10.2. The van der Waals surface area contributed by atoms with Gasteiger partial charge in [0.1, 0.15) is 0 Å². The molecule has 5 nitrogen and oxygen atoms in total. The zero-order valence-electron chi connectivity index (χ0n) is 16.6. The Labute approximate surface area is 180 Å². The fourth-order valence-electron chi connectivity index (χ4n) is 5.05. The Bertz CT molecular complexity index is 1260. The largest absolute Gasteiger partial charge is 0.305 e. The van der Waals surface area contributed by atoms with Gasteiger partial charge in [0.25, 0.3) is 5.92 Å². The summed E-state index contributed by atoms with van der Waals surface area (Å²) in [6.07, 6.45) is 3.31. The molecule has 1 aromatic carbocycles. The average molecular weight is 447 g/mol. The molecule has 1 unspecified atom stereocenters. The highest BCUT2D eigenvalue weighted by atomic mass is 35.5. The molecule has 1 spiro atoms. The van der Waals surface area contributed by atoms with Crippen LogP contribution >= 0.6 is 11.6 Å². The van der Waals surface area contributed by atoms with Gasteiger partial charge in [-0.2, -0.15) is 14.0 Å². The Morgan fingerprint density at radius 2 is 2.03 bits per heavy atom. The number of carbonyl (C=O) groups excluding carboxylic acids is 1. The molecule has 0 bridgehead atoms. The van der Waals surface area contributed by atoms with E-state index in [4.69, 9.17) is 11.6 Å². The maximum Gasteiger partial charge on any atom is 0.263 e. The molecule has 31 heavy (non-hydrogen) atoms. The number of hydrogen-bond donors (Lipinski definition) is 0. The normalized spacial score (nSPS) is 23.6. The summed E-state index contributed by atoms with van der Waals surface area (Å²) in [6.45, 7) is 0.215. The van der Waals surface area contributed by atoms with Gasteiger partial charge in [-0.1, -0.05) is 23.7 Å². The lowest BCUT2D eigenvalue weighted by Gasteiger charge is -2.22. The number of anilines is 1. The van der Waals surface area contributed by atoms with Crippen molar-refractivity contribution in [3.8, 4) is 0 Å². The van der Waals surface area contributed by atoms with Crippen LogP contribution in [0.2, 0.25) is 5.15 Å². The summed E-state index contributed by atoms with van der Waals surface area (Å²) in [7, 11) is 0. The third kappa shape index (κ3) is 2.80. The molecular weight excluding hydrogens is 429 g/mol. The third-order valence-electron chi connectivity index (χ3n) is 6.71. The molecule has 0 N–H and O–H groups in total. The second kappa shape index (κ2) is 6.00. The molecular formula is C22H18ClF3N4O. The fourth-order valence-corrected chi connectivity index (χ4v) is 5.24. The van der Waals surface area contributed by atoms with Crippen molar-refractivity contribution in [3.05, 3.63) is 58.3 Å². The number of fused-ring (bicyclic) bond motifs is 3. The highest BCUT2D eigenvalue weighted by Crippen LogP contribution is 2.60. The number of nitrogens with zero attached hydrogens (tertiary/aromatic N) is 4. The molecule has 3 heterocycles. The first kappa shape index (κ1) is 19.1. The van der Waals surface area contributed by atoms with E-state index in [2.05, 4.69) is 10.1 Å². The van der Waals surface area contributed by atoms with Gasteiger partial charge in [0.05, 0.1) is 18.2 Å². The molecule has 0 saturated heterocycles. The monoisotopic (exact) mass is 446 g/mol. The highest BCUT2D eigenvalue weighted by molar-refractivity contribution is 6.29. The lowest BCUT2D eigenvalue weighted by atomic mass is 9.95. The molecule has 2 aromatic heterocycles. The quantitative estimate of drug-likeness (QED) is 0.577. The number of hydrogen-bond acceptors (Lipinski definition) is 3. The fraction of sp³-hybridized carbons (Fsp3) is 0.409. The number of amides is 1. The van der Waals surface area contributed by atoms with Crippen LogP contribution < -0.4 is 4.90 Å². The van der Waals surface area contributed by atoms with Crippen LogP contribution in [0.25, 0.3) is 5.65 Å². The zero-order chi connectivity index (χ0) is 21.7. The van der Waals surface area contributed by atoms with Gasteiger partial charge in [-0.15, -0.1) is 0 Å².